The molecule has 5 nitrogen and oxygen atoms in total. The summed E-state index contributed by atoms with van der Waals surface area (Å²) in [5, 5.41) is 16.3. The molecule has 3 aromatic heterocycles. The molecule has 0 amide bonds. The molecule has 0 bridgehead atoms. The van der Waals surface area contributed by atoms with Crippen molar-refractivity contribution in [3.8, 4) is 39.9 Å². The molecule has 0 unspecified atom stereocenters. The van der Waals surface area contributed by atoms with E-state index in [-0.39, 0.29) is 0 Å². The summed E-state index contributed by atoms with van der Waals surface area (Å²) in [6, 6.07) is 73.4. The van der Waals surface area contributed by atoms with Crippen molar-refractivity contribution in [3.63, 3.8) is 0 Å². The quantitative estimate of drug-likeness (QED) is 0.166. The molecule has 11 aromatic carbocycles. The van der Waals surface area contributed by atoms with Crippen LogP contribution in [0.5, 0.6) is 0 Å². The van der Waals surface area contributed by atoms with Gasteiger partial charge in [-0.1, -0.05) is 164 Å². The molecule has 5 heteroatoms. The maximum Gasteiger partial charge on any atom is 0.167 e. The van der Waals surface area contributed by atoms with Gasteiger partial charge in [0.1, 0.15) is 11.2 Å². The van der Waals surface area contributed by atoms with Crippen molar-refractivity contribution in [1.29, 1.82) is 0 Å². The average Bonchev–Trinajstić information content (AvgIpc) is 3.91. The smallest absolute Gasteiger partial charge is 0.167 e. The molecule has 0 aliphatic carbocycles. The van der Waals surface area contributed by atoms with E-state index in [4.69, 9.17) is 19.4 Å². The summed E-state index contributed by atoms with van der Waals surface area (Å²) in [7, 11) is 0. The molecule has 0 atom stereocenters. The van der Waals surface area contributed by atoms with Crippen LogP contribution in [0.4, 0.5) is 0 Å². The van der Waals surface area contributed by atoms with Gasteiger partial charge in [0, 0.05) is 43.7 Å². The molecule has 0 saturated carbocycles. The maximum atomic E-state index is 6.87. The first-order chi connectivity index (χ1) is 31.7. The molecule has 0 spiro atoms. The Hall–Kier alpha value is -8.67. The van der Waals surface area contributed by atoms with Gasteiger partial charge in [-0.15, -0.1) is 0 Å². The first-order valence-electron chi connectivity index (χ1n) is 21.7. The molecule has 0 N–H and O–H groups in total. The van der Waals surface area contributed by atoms with Crippen LogP contribution in [0.3, 0.4) is 0 Å². The first-order valence-corrected chi connectivity index (χ1v) is 21.7. The normalized spacial score (nSPS) is 12.1. The van der Waals surface area contributed by atoms with Gasteiger partial charge in [-0.2, -0.15) is 0 Å². The van der Waals surface area contributed by atoms with E-state index in [9.17, 15) is 0 Å². The van der Waals surface area contributed by atoms with Crippen molar-refractivity contribution in [2.45, 2.75) is 0 Å². The molecule has 0 radical (unpaired) electrons. The number of hydrogen-bond donors (Lipinski definition) is 0. The van der Waals surface area contributed by atoms with Crippen LogP contribution in [0.15, 0.2) is 211 Å². The number of rotatable bonds is 4. The number of hydrogen-bond acceptors (Lipinski definition) is 4. The van der Waals surface area contributed by atoms with Crippen molar-refractivity contribution in [3.05, 3.63) is 206 Å². The van der Waals surface area contributed by atoms with Crippen molar-refractivity contribution in [2.75, 3.05) is 0 Å². The molecular weight excluding hydrogens is 781 g/mol. The Kier molecular flexibility index (Phi) is 7.33. The number of para-hydroxylation sites is 1. The largest absolute Gasteiger partial charge is 0.455 e. The third-order valence-electron chi connectivity index (χ3n) is 13.2. The molecule has 0 fully saturated rings. The highest BCUT2D eigenvalue weighted by Gasteiger charge is 2.22. The van der Waals surface area contributed by atoms with Crippen molar-refractivity contribution < 1.29 is 4.42 Å². The van der Waals surface area contributed by atoms with Crippen LogP contribution in [0, 0.1) is 0 Å². The van der Waals surface area contributed by atoms with Crippen LogP contribution in [0.1, 0.15) is 0 Å². The number of fused-ring (bicyclic) bond motifs is 14. The topological polar surface area (TPSA) is 56.7 Å². The first kappa shape index (κ1) is 35.0. The number of nitrogens with zero attached hydrogens (tertiary/aromatic N) is 4. The number of benzene rings is 11. The summed E-state index contributed by atoms with van der Waals surface area (Å²) in [5.41, 5.74) is 7.76. The summed E-state index contributed by atoms with van der Waals surface area (Å²) in [5.74, 6) is 1.78. The second-order valence-electron chi connectivity index (χ2n) is 16.7. The van der Waals surface area contributed by atoms with E-state index in [2.05, 4.69) is 180 Å². The Balaban J connectivity index is 0.982. The van der Waals surface area contributed by atoms with Crippen LogP contribution in [-0.4, -0.2) is 19.5 Å². The number of aromatic nitrogens is 4. The predicted molar refractivity (Wildman–Crippen MR) is 265 cm³/mol. The van der Waals surface area contributed by atoms with E-state index in [0.717, 1.165) is 71.2 Å². The fraction of sp³-hybridized carbons (Fsp3) is 0. The van der Waals surface area contributed by atoms with Gasteiger partial charge in [-0.25, -0.2) is 15.0 Å². The van der Waals surface area contributed by atoms with Gasteiger partial charge >= 0.3 is 0 Å². The molecule has 14 rings (SSSR count). The van der Waals surface area contributed by atoms with E-state index >= 15 is 0 Å². The molecule has 14 aromatic rings. The van der Waals surface area contributed by atoms with Gasteiger partial charge in [0.25, 0.3) is 0 Å². The van der Waals surface area contributed by atoms with Gasteiger partial charge in [-0.05, 0) is 90.9 Å². The fourth-order valence-corrected chi connectivity index (χ4v) is 10.2. The molecule has 296 valence electrons. The Morgan fingerprint density at radius 3 is 1.81 bits per heavy atom. The molecule has 0 aliphatic heterocycles. The van der Waals surface area contributed by atoms with Crippen molar-refractivity contribution in [1.82, 2.24) is 19.5 Å². The lowest BCUT2D eigenvalue weighted by Crippen LogP contribution is -2.01. The summed E-state index contributed by atoms with van der Waals surface area (Å²) in [6.45, 7) is 0. The minimum Gasteiger partial charge on any atom is -0.455 e. The zero-order chi connectivity index (χ0) is 41.9. The van der Waals surface area contributed by atoms with Gasteiger partial charge in [0.15, 0.2) is 17.5 Å². The fourth-order valence-electron chi connectivity index (χ4n) is 10.2. The minimum absolute atomic E-state index is 0.559. The number of furan rings is 1. The highest BCUT2D eigenvalue weighted by atomic mass is 16.3. The molecule has 0 aliphatic rings. The predicted octanol–water partition coefficient (Wildman–Crippen LogP) is 15.6. The Morgan fingerprint density at radius 1 is 0.344 bits per heavy atom. The van der Waals surface area contributed by atoms with Crippen LogP contribution >= 0.6 is 0 Å². The van der Waals surface area contributed by atoms with Gasteiger partial charge in [0.05, 0.1) is 16.6 Å². The summed E-state index contributed by atoms with van der Waals surface area (Å²) in [6.07, 6.45) is 0. The summed E-state index contributed by atoms with van der Waals surface area (Å²) < 4.78 is 9.32. The van der Waals surface area contributed by atoms with Crippen LogP contribution in [0.2, 0.25) is 0 Å². The molecule has 0 saturated heterocycles. The molecule has 64 heavy (non-hydrogen) atoms. The van der Waals surface area contributed by atoms with E-state index in [1.165, 1.54) is 48.7 Å². The van der Waals surface area contributed by atoms with Gasteiger partial charge < -0.3 is 8.98 Å². The third kappa shape index (κ3) is 5.15. The second kappa shape index (κ2) is 13.4. The Labute approximate surface area is 366 Å². The molecule has 3 heterocycles. The van der Waals surface area contributed by atoms with Crippen molar-refractivity contribution >= 4 is 97.6 Å². The second-order valence-corrected chi connectivity index (χ2v) is 16.7. The lowest BCUT2D eigenvalue weighted by Gasteiger charge is -2.12. The van der Waals surface area contributed by atoms with E-state index in [0.29, 0.717) is 17.5 Å². The molecular formula is C59H34N4O. The average molecular weight is 815 g/mol. The van der Waals surface area contributed by atoms with E-state index in [1.807, 2.05) is 30.3 Å². The zero-order valence-electron chi connectivity index (χ0n) is 34.3. The minimum atomic E-state index is 0.559. The lowest BCUT2D eigenvalue weighted by atomic mass is 9.97. The van der Waals surface area contributed by atoms with Crippen LogP contribution in [-0.2, 0) is 0 Å². The Bertz CT molecular complexity index is 4260. The lowest BCUT2D eigenvalue weighted by molar-refractivity contribution is 0.670. The van der Waals surface area contributed by atoms with E-state index in [1.54, 1.807) is 0 Å². The maximum absolute atomic E-state index is 6.87. The Morgan fingerprint density at radius 2 is 0.969 bits per heavy atom. The summed E-state index contributed by atoms with van der Waals surface area (Å²) in [4.78, 5) is 15.6. The van der Waals surface area contributed by atoms with Crippen LogP contribution in [0.25, 0.3) is 137 Å². The standard InChI is InChI=1S/C59H34N4O/c1-2-14-36(15-3-1)57-60-58(62-59(61-57)51-33-39-18-7-8-19-42(39)45-21-10-11-22-46(45)51)49-24-12-23-48-54-43-29-27-41(31-40(43)26-30-53(54)64-56(48)49)63-52-34-38-17-5-4-16-37(38)32-50(52)47-28-25-35-13-6-9-20-44(35)55(47)63/h1-34H. The SMILES string of the molecule is c1ccc(-c2nc(-c3cc4ccccc4c4ccccc34)nc(-c3cccc4c3oc3ccc5cc(-n6c7cc8ccccc8cc7c7ccc8ccccc8c76)ccc5c34)n2)cc1. The monoisotopic (exact) mass is 814 g/mol. The third-order valence-corrected chi connectivity index (χ3v) is 13.2. The van der Waals surface area contributed by atoms with Gasteiger partial charge in [-0.3, -0.25) is 0 Å². The summed E-state index contributed by atoms with van der Waals surface area (Å²) >= 11 is 0. The van der Waals surface area contributed by atoms with Crippen LogP contribution < -0.4 is 0 Å². The van der Waals surface area contributed by atoms with E-state index < -0.39 is 0 Å². The van der Waals surface area contributed by atoms with Crippen molar-refractivity contribution in [2.24, 2.45) is 0 Å². The zero-order valence-corrected chi connectivity index (χ0v) is 34.3. The highest BCUT2D eigenvalue weighted by Crippen LogP contribution is 2.43. The highest BCUT2D eigenvalue weighted by molar-refractivity contribution is 6.23. The van der Waals surface area contributed by atoms with Gasteiger partial charge in [0.2, 0.25) is 0 Å².